The average Bonchev–Trinajstić information content (AvgIpc) is 2.88. The highest BCUT2D eigenvalue weighted by Gasteiger charge is 2.18. The molecule has 2 atom stereocenters. The van der Waals surface area contributed by atoms with E-state index in [1.165, 1.54) is 11.8 Å². The van der Waals surface area contributed by atoms with Crippen LogP contribution in [0.5, 0.6) is 0 Å². The lowest BCUT2D eigenvalue weighted by atomic mass is 10.2. The van der Waals surface area contributed by atoms with Crippen molar-refractivity contribution in [2.45, 2.75) is 25.0 Å². The molecule has 1 aliphatic rings. The van der Waals surface area contributed by atoms with Crippen LogP contribution in [0.25, 0.3) is 0 Å². The Kier molecular flexibility index (Phi) is 7.27. The Balaban J connectivity index is 2.11. The van der Waals surface area contributed by atoms with Gasteiger partial charge in [0.25, 0.3) is 0 Å². The lowest BCUT2D eigenvalue weighted by Gasteiger charge is -2.12. The van der Waals surface area contributed by atoms with Gasteiger partial charge in [-0.25, -0.2) is 4.79 Å². The number of amides is 2. The predicted molar refractivity (Wildman–Crippen MR) is 69.9 cm³/mol. The van der Waals surface area contributed by atoms with Crippen molar-refractivity contribution < 1.29 is 24.2 Å². The highest BCUT2D eigenvalue weighted by atomic mass is 32.2. The van der Waals surface area contributed by atoms with Crippen LogP contribution >= 0.6 is 11.8 Å². The number of hydrogen-bond donors (Lipinski definition) is 3. The van der Waals surface area contributed by atoms with Crippen molar-refractivity contribution in [3.05, 3.63) is 0 Å². The van der Waals surface area contributed by atoms with Crippen LogP contribution in [-0.4, -0.2) is 60.2 Å². The van der Waals surface area contributed by atoms with Gasteiger partial charge in [-0.2, -0.15) is 0 Å². The lowest BCUT2D eigenvalue weighted by molar-refractivity contribution is -0.139. The average molecular weight is 290 g/mol. The SMILES string of the molecule is O=CNC(CSCC(=O)NCC1CCCO1)C(=O)O. The minimum Gasteiger partial charge on any atom is -0.480 e. The van der Waals surface area contributed by atoms with Crippen LogP contribution in [0.3, 0.4) is 0 Å². The molecule has 1 rings (SSSR count). The van der Waals surface area contributed by atoms with Gasteiger partial charge in [-0.1, -0.05) is 0 Å². The maximum absolute atomic E-state index is 11.5. The van der Waals surface area contributed by atoms with E-state index in [9.17, 15) is 14.4 Å². The minimum absolute atomic E-state index is 0.0949. The zero-order chi connectivity index (χ0) is 14.1. The van der Waals surface area contributed by atoms with Crippen molar-refractivity contribution in [3.8, 4) is 0 Å². The topological polar surface area (TPSA) is 105 Å². The summed E-state index contributed by atoms with van der Waals surface area (Å²) in [5.74, 6) is -0.951. The molecule has 0 aromatic rings. The third kappa shape index (κ3) is 6.44. The van der Waals surface area contributed by atoms with Crippen molar-refractivity contribution in [3.63, 3.8) is 0 Å². The maximum Gasteiger partial charge on any atom is 0.327 e. The van der Waals surface area contributed by atoms with E-state index in [-0.39, 0.29) is 23.5 Å². The molecule has 0 aromatic heterocycles. The molecule has 8 heteroatoms. The van der Waals surface area contributed by atoms with Gasteiger partial charge in [0.15, 0.2) is 0 Å². The summed E-state index contributed by atoms with van der Waals surface area (Å²) in [5.41, 5.74) is 0. The molecule has 0 spiro atoms. The standard InChI is InChI=1S/C11H18N2O5S/c14-7-13-9(11(16)17)5-19-6-10(15)12-4-8-2-1-3-18-8/h7-9H,1-6H2,(H,12,15)(H,13,14)(H,16,17). The second-order valence-corrected chi connectivity index (χ2v) is 5.16. The fourth-order valence-corrected chi connectivity index (χ4v) is 2.51. The van der Waals surface area contributed by atoms with Gasteiger partial charge in [-0.3, -0.25) is 9.59 Å². The van der Waals surface area contributed by atoms with Crippen LogP contribution in [0, 0.1) is 0 Å². The molecule has 7 nitrogen and oxygen atoms in total. The van der Waals surface area contributed by atoms with Gasteiger partial charge in [-0.15, -0.1) is 11.8 Å². The van der Waals surface area contributed by atoms with Crippen molar-refractivity contribution in [2.24, 2.45) is 0 Å². The summed E-state index contributed by atoms with van der Waals surface area (Å²) in [5, 5.41) is 13.7. The molecule has 2 unspecified atom stereocenters. The first-order chi connectivity index (χ1) is 9.13. The number of carbonyl (C=O) groups excluding carboxylic acids is 2. The highest BCUT2D eigenvalue weighted by molar-refractivity contribution is 8.00. The Morgan fingerprint density at radius 2 is 2.32 bits per heavy atom. The number of thioether (sulfide) groups is 1. The van der Waals surface area contributed by atoms with Crippen molar-refractivity contribution in [2.75, 3.05) is 24.7 Å². The molecule has 0 radical (unpaired) electrons. The van der Waals surface area contributed by atoms with Crippen LogP contribution in [0.2, 0.25) is 0 Å². The monoisotopic (exact) mass is 290 g/mol. The van der Waals surface area contributed by atoms with E-state index in [4.69, 9.17) is 9.84 Å². The number of carboxylic acid groups (broad SMARTS) is 1. The molecular weight excluding hydrogens is 272 g/mol. The molecule has 0 bridgehead atoms. The third-order valence-corrected chi connectivity index (χ3v) is 3.67. The minimum atomic E-state index is -1.11. The molecule has 1 aliphatic heterocycles. The van der Waals surface area contributed by atoms with E-state index in [0.717, 1.165) is 19.4 Å². The van der Waals surface area contributed by atoms with E-state index < -0.39 is 12.0 Å². The summed E-state index contributed by atoms with van der Waals surface area (Å²) in [6.07, 6.45) is 2.42. The quantitative estimate of drug-likeness (QED) is 0.481. The van der Waals surface area contributed by atoms with E-state index in [0.29, 0.717) is 13.0 Å². The zero-order valence-corrected chi connectivity index (χ0v) is 11.3. The number of nitrogens with one attached hydrogen (secondary N) is 2. The number of carboxylic acids is 1. The molecule has 2 amide bonds. The van der Waals surface area contributed by atoms with E-state index in [1.807, 2.05) is 0 Å². The molecule has 1 heterocycles. The highest BCUT2D eigenvalue weighted by Crippen LogP contribution is 2.10. The Hall–Kier alpha value is -1.28. The van der Waals surface area contributed by atoms with Crippen molar-refractivity contribution in [1.82, 2.24) is 10.6 Å². The molecule has 1 fully saturated rings. The first kappa shape index (κ1) is 15.8. The molecule has 1 saturated heterocycles. The van der Waals surface area contributed by atoms with Crippen LogP contribution in [0.4, 0.5) is 0 Å². The van der Waals surface area contributed by atoms with Crippen molar-refractivity contribution in [1.29, 1.82) is 0 Å². The third-order valence-electron chi connectivity index (χ3n) is 2.64. The molecule has 19 heavy (non-hydrogen) atoms. The number of hydrogen-bond acceptors (Lipinski definition) is 5. The second-order valence-electron chi connectivity index (χ2n) is 4.13. The van der Waals surface area contributed by atoms with E-state index in [2.05, 4.69) is 10.6 Å². The van der Waals surface area contributed by atoms with Gasteiger partial charge < -0.3 is 20.5 Å². The molecule has 108 valence electrons. The number of rotatable bonds is 9. The molecule has 0 saturated carbocycles. The van der Waals surface area contributed by atoms with Gasteiger partial charge in [0.2, 0.25) is 12.3 Å². The molecule has 0 aliphatic carbocycles. The van der Waals surface area contributed by atoms with Gasteiger partial charge >= 0.3 is 5.97 Å². The van der Waals surface area contributed by atoms with Gasteiger partial charge in [0, 0.05) is 18.9 Å². The number of carbonyl (C=O) groups is 3. The summed E-state index contributed by atoms with van der Waals surface area (Å²) in [6, 6.07) is -0.964. The summed E-state index contributed by atoms with van der Waals surface area (Å²) in [6.45, 7) is 1.24. The predicted octanol–water partition coefficient (Wildman–Crippen LogP) is -0.786. The Bertz CT molecular complexity index is 320. The van der Waals surface area contributed by atoms with Crippen LogP contribution in [0.1, 0.15) is 12.8 Å². The van der Waals surface area contributed by atoms with Crippen LogP contribution < -0.4 is 10.6 Å². The maximum atomic E-state index is 11.5. The van der Waals surface area contributed by atoms with Crippen LogP contribution in [0.15, 0.2) is 0 Å². The smallest absolute Gasteiger partial charge is 0.327 e. The summed E-state index contributed by atoms with van der Waals surface area (Å²) in [4.78, 5) is 32.4. The number of aliphatic carboxylic acids is 1. The van der Waals surface area contributed by atoms with Crippen molar-refractivity contribution >= 4 is 30.0 Å². The van der Waals surface area contributed by atoms with Crippen LogP contribution in [-0.2, 0) is 19.1 Å². The zero-order valence-electron chi connectivity index (χ0n) is 10.5. The normalized spacial score (nSPS) is 19.7. The molecule has 3 N–H and O–H groups in total. The fourth-order valence-electron chi connectivity index (χ4n) is 1.63. The largest absolute Gasteiger partial charge is 0.480 e. The Morgan fingerprint density at radius 1 is 1.53 bits per heavy atom. The van der Waals surface area contributed by atoms with Gasteiger partial charge in [0.05, 0.1) is 11.9 Å². The summed E-state index contributed by atoms with van der Waals surface area (Å²) < 4.78 is 5.36. The lowest BCUT2D eigenvalue weighted by Crippen LogP contribution is -2.38. The molecular formula is C11H18N2O5S. The summed E-state index contributed by atoms with van der Waals surface area (Å²) in [7, 11) is 0. The Labute approximate surface area is 115 Å². The number of ether oxygens (including phenoxy) is 1. The van der Waals surface area contributed by atoms with Gasteiger partial charge in [0.1, 0.15) is 6.04 Å². The van der Waals surface area contributed by atoms with E-state index >= 15 is 0 Å². The summed E-state index contributed by atoms with van der Waals surface area (Å²) >= 11 is 1.17. The van der Waals surface area contributed by atoms with Gasteiger partial charge in [-0.05, 0) is 12.8 Å². The fraction of sp³-hybridized carbons (Fsp3) is 0.727. The Morgan fingerprint density at radius 3 is 2.89 bits per heavy atom. The molecule has 0 aromatic carbocycles. The second kappa shape index (κ2) is 8.76. The first-order valence-electron chi connectivity index (χ1n) is 6.02. The first-order valence-corrected chi connectivity index (χ1v) is 7.17. The van der Waals surface area contributed by atoms with E-state index in [1.54, 1.807) is 0 Å².